The van der Waals surface area contributed by atoms with Gasteiger partial charge in [-0.1, -0.05) is 11.6 Å². The highest BCUT2D eigenvalue weighted by Gasteiger charge is 2.25. The Morgan fingerprint density at radius 2 is 1.81 bits per heavy atom. The van der Waals surface area contributed by atoms with E-state index in [1.54, 1.807) is 11.8 Å². The SMILES string of the molecule is CSc1ccc(OC(C)C)c(C(=O)N2CCN(c3ccc4cc(C)ccc4n3)CC2)c1. The van der Waals surface area contributed by atoms with E-state index in [4.69, 9.17) is 9.72 Å². The van der Waals surface area contributed by atoms with E-state index in [9.17, 15) is 4.79 Å². The third-order valence-electron chi connectivity index (χ3n) is 5.50. The fourth-order valence-corrected chi connectivity index (χ4v) is 4.32. The zero-order valence-corrected chi connectivity index (χ0v) is 19.4. The lowest BCUT2D eigenvalue weighted by molar-refractivity contribution is 0.0740. The molecule has 0 N–H and O–H groups in total. The first-order valence-electron chi connectivity index (χ1n) is 10.7. The van der Waals surface area contributed by atoms with E-state index < -0.39 is 0 Å². The van der Waals surface area contributed by atoms with Crippen molar-refractivity contribution in [2.24, 2.45) is 0 Å². The molecule has 0 spiro atoms. The van der Waals surface area contributed by atoms with Gasteiger partial charge in [0.05, 0.1) is 17.2 Å². The van der Waals surface area contributed by atoms with Crippen LogP contribution in [0.5, 0.6) is 5.75 Å². The van der Waals surface area contributed by atoms with Crippen molar-refractivity contribution in [3.8, 4) is 5.75 Å². The molecule has 0 unspecified atom stereocenters. The molecule has 3 aromatic rings. The minimum absolute atomic E-state index is 0.0197. The Morgan fingerprint density at radius 3 is 2.52 bits per heavy atom. The van der Waals surface area contributed by atoms with Gasteiger partial charge >= 0.3 is 0 Å². The Balaban J connectivity index is 1.48. The van der Waals surface area contributed by atoms with Gasteiger partial charge in [0, 0.05) is 36.5 Å². The van der Waals surface area contributed by atoms with Crippen LogP contribution in [0.1, 0.15) is 29.8 Å². The van der Waals surface area contributed by atoms with Crippen molar-refractivity contribution >= 4 is 34.4 Å². The van der Waals surface area contributed by atoms with Gasteiger partial charge in [-0.3, -0.25) is 4.79 Å². The Hall–Kier alpha value is -2.73. The minimum atomic E-state index is 0.0197. The number of aromatic nitrogens is 1. The van der Waals surface area contributed by atoms with Crippen LogP contribution < -0.4 is 9.64 Å². The molecule has 6 heteroatoms. The van der Waals surface area contributed by atoms with Gasteiger partial charge in [-0.2, -0.15) is 0 Å². The number of piperazine rings is 1. The Labute approximate surface area is 188 Å². The van der Waals surface area contributed by atoms with Gasteiger partial charge in [-0.05, 0) is 69.5 Å². The summed E-state index contributed by atoms with van der Waals surface area (Å²) in [5.41, 5.74) is 2.89. The van der Waals surface area contributed by atoms with Crippen molar-refractivity contribution in [1.82, 2.24) is 9.88 Å². The number of carbonyl (C=O) groups excluding carboxylic acids is 1. The molecule has 31 heavy (non-hydrogen) atoms. The first-order valence-corrected chi connectivity index (χ1v) is 11.9. The normalized spacial score (nSPS) is 14.4. The maximum Gasteiger partial charge on any atom is 0.257 e. The first kappa shape index (κ1) is 21.5. The van der Waals surface area contributed by atoms with Crippen molar-refractivity contribution in [3.05, 3.63) is 59.7 Å². The Morgan fingerprint density at radius 1 is 1.03 bits per heavy atom. The molecule has 1 aromatic heterocycles. The van der Waals surface area contributed by atoms with E-state index in [-0.39, 0.29) is 12.0 Å². The van der Waals surface area contributed by atoms with E-state index in [1.807, 2.05) is 43.2 Å². The summed E-state index contributed by atoms with van der Waals surface area (Å²) < 4.78 is 5.92. The monoisotopic (exact) mass is 435 g/mol. The minimum Gasteiger partial charge on any atom is -0.490 e. The van der Waals surface area contributed by atoms with Crippen LogP contribution in [0.25, 0.3) is 10.9 Å². The van der Waals surface area contributed by atoms with Crippen LogP contribution in [0, 0.1) is 6.92 Å². The predicted octanol–water partition coefficient (Wildman–Crippen LogP) is 5.01. The number of thioether (sulfide) groups is 1. The Bertz CT molecular complexity index is 1090. The summed E-state index contributed by atoms with van der Waals surface area (Å²) >= 11 is 1.63. The summed E-state index contributed by atoms with van der Waals surface area (Å²) in [7, 11) is 0. The molecule has 0 aliphatic carbocycles. The van der Waals surface area contributed by atoms with E-state index in [2.05, 4.69) is 42.2 Å². The highest BCUT2D eigenvalue weighted by atomic mass is 32.2. The van der Waals surface area contributed by atoms with Gasteiger partial charge in [0.15, 0.2) is 0 Å². The number of rotatable bonds is 5. The number of nitrogens with zero attached hydrogens (tertiary/aromatic N) is 3. The van der Waals surface area contributed by atoms with Crippen molar-refractivity contribution in [2.75, 3.05) is 37.3 Å². The number of ether oxygens (including phenoxy) is 1. The van der Waals surface area contributed by atoms with E-state index in [1.165, 1.54) is 5.56 Å². The third kappa shape index (κ3) is 4.79. The molecular weight excluding hydrogens is 406 g/mol. The molecule has 0 atom stereocenters. The molecule has 162 valence electrons. The second-order valence-electron chi connectivity index (χ2n) is 8.17. The molecule has 0 radical (unpaired) electrons. The summed E-state index contributed by atoms with van der Waals surface area (Å²) in [4.78, 5) is 23.4. The lowest BCUT2D eigenvalue weighted by atomic mass is 10.1. The average molecular weight is 436 g/mol. The number of benzene rings is 2. The summed E-state index contributed by atoms with van der Waals surface area (Å²) in [6, 6.07) is 16.4. The fourth-order valence-electron chi connectivity index (χ4n) is 3.88. The van der Waals surface area contributed by atoms with Crippen LogP contribution in [-0.2, 0) is 0 Å². The number of carbonyl (C=O) groups is 1. The zero-order valence-electron chi connectivity index (χ0n) is 18.6. The summed E-state index contributed by atoms with van der Waals surface area (Å²) in [6.45, 7) is 8.91. The molecule has 5 nitrogen and oxygen atoms in total. The molecule has 4 rings (SSSR count). The lowest BCUT2D eigenvalue weighted by Gasteiger charge is -2.35. The van der Waals surface area contributed by atoms with Gasteiger partial charge in [0.2, 0.25) is 0 Å². The molecular formula is C25H29N3O2S. The second-order valence-corrected chi connectivity index (χ2v) is 9.05. The van der Waals surface area contributed by atoms with Crippen LogP contribution >= 0.6 is 11.8 Å². The van der Waals surface area contributed by atoms with E-state index in [0.717, 1.165) is 34.7 Å². The molecule has 2 aromatic carbocycles. The standard InChI is InChI=1S/C25H29N3O2S/c1-17(2)30-23-9-7-20(31-4)16-21(23)25(29)28-13-11-27(12-14-28)24-10-6-19-15-18(3)5-8-22(19)26-24/h5-10,15-17H,11-14H2,1-4H3. The van der Waals surface area contributed by atoms with Crippen molar-refractivity contribution < 1.29 is 9.53 Å². The first-order chi connectivity index (χ1) is 14.9. The molecule has 1 amide bonds. The van der Waals surface area contributed by atoms with Crippen LogP contribution in [0.3, 0.4) is 0 Å². The lowest BCUT2D eigenvalue weighted by Crippen LogP contribution is -2.49. The van der Waals surface area contributed by atoms with Crippen molar-refractivity contribution in [2.45, 2.75) is 31.8 Å². The van der Waals surface area contributed by atoms with Crippen LogP contribution in [0.4, 0.5) is 5.82 Å². The number of anilines is 1. The highest BCUT2D eigenvalue weighted by molar-refractivity contribution is 7.98. The van der Waals surface area contributed by atoms with Crippen molar-refractivity contribution in [1.29, 1.82) is 0 Å². The molecule has 1 fully saturated rings. The van der Waals surface area contributed by atoms with Crippen LogP contribution in [0.15, 0.2) is 53.4 Å². The largest absolute Gasteiger partial charge is 0.490 e. The van der Waals surface area contributed by atoms with Gasteiger partial charge in [0.25, 0.3) is 5.91 Å². The zero-order chi connectivity index (χ0) is 22.0. The van der Waals surface area contributed by atoms with E-state index >= 15 is 0 Å². The smallest absolute Gasteiger partial charge is 0.257 e. The molecule has 1 aliphatic heterocycles. The fraction of sp³-hybridized carbons (Fsp3) is 0.360. The van der Waals surface area contributed by atoms with E-state index in [0.29, 0.717) is 24.4 Å². The van der Waals surface area contributed by atoms with Gasteiger partial charge < -0.3 is 14.5 Å². The van der Waals surface area contributed by atoms with Gasteiger partial charge in [0.1, 0.15) is 11.6 Å². The van der Waals surface area contributed by atoms with Gasteiger partial charge in [-0.25, -0.2) is 4.98 Å². The molecule has 1 aliphatic rings. The number of aryl methyl sites for hydroxylation is 1. The predicted molar refractivity (Wildman–Crippen MR) is 129 cm³/mol. The quantitative estimate of drug-likeness (QED) is 0.527. The van der Waals surface area contributed by atoms with Crippen LogP contribution in [-0.4, -0.2) is 54.3 Å². The topological polar surface area (TPSA) is 45.7 Å². The summed E-state index contributed by atoms with van der Waals surface area (Å²) in [5, 5.41) is 1.16. The average Bonchev–Trinajstić information content (AvgIpc) is 2.78. The number of pyridine rings is 1. The highest BCUT2D eigenvalue weighted by Crippen LogP contribution is 2.28. The summed E-state index contributed by atoms with van der Waals surface area (Å²) in [5.74, 6) is 1.66. The number of hydrogen-bond acceptors (Lipinski definition) is 5. The number of fused-ring (bicyclic) bond motifs is 1. The van der Waals surface area contributed by atoms with Crippen LogP contribution in [0.2, 0.25) is 0 Å². The maximum atomic E-state index is 13.3. The Kier molecular flexibility index (Phi) is 6.37. The number of amides is 1. The third-order valence-corrected chi connectivity index (χ3v) is 6.23. The summed E-state index contributed by atoms with van der Waals surface area (Å²) in [6.07, 6.45) is 2.04. The molecule has 0 saturated carbocycles. The molecule has 0 bridgehead atoms. The van der Waals surface area contributed by atoms with Gasteiger partial charge in [-0.15, -0.1) is 11.8 Å². The second kappa shape index (κ2) is 9.18. The number of hydrogen-bond donors (Lipinski definition) is 0. The molecule has 1 saturated heterocycles. The molecule has 2 heterocycles. The maximum absolute atomic E-state index is 13.3. The van der Waals surface area contributed by atoms with Crippen molar-refractivity contribution in [3.63, 3.8) is 0 Å².